The first kappa shape index (κ1) is 72.5. The van der Waals surface area contributed by atoms with Gasteiger partial charge < -0.3 is 64.6 Å². The summed E-state index contributed by atoms with van der Waals surface area (Å²) < 4.78 is 76.0. The molecule has 1 aromatic heterocycles. The van der Waals surface area contributed by atoms with Gasteiger partial charge in [0.25, 0.3) is 17.6 Å². The van der Waals surface area contributed by atoms with Crippen molar-refractivity contribution in [2.24, 2.45) is 29.6 Å². The highest BCUT2D eigenvalue weighted by Gasteiger charge is 2.57. The second-order valence-corrected chi connectivity index (χ2v) is 26.2. The number of hydrogen-bond acceptors (Lipinski definition) is 17. The molecule has 14 atom stereocenters. The molecule has 20 nitrogen and oxygen atoms in total. The van der Waals surface area contributed by atoms with Gasteiger partial charge in [0.05, 0.1) is 41.1 Å². The molecule has 6 N–H and O–H groups in total. The smallest absolute Gasteiger partial charge is 0.417 e. The fourth-order valence-electron chi connectivity index (χ4n) is 12.6. The lowest BCUT2D eigenvalue weighted by atomic mass is 9.81. The van der Waals surface area contributed by atoms with Crippen LogP contribution in [-0.2, 0) is 49.0 Å². The normalized spacial score (nSPS) is 30.0. The van der Waals surface area contributed by atoms with Crippen molar-refractivity contribution in [2.45, 2.75) is 172 Å². The number of aliphatic hydroxyl groups is 3. The topological polar surface area (TPSA) is 271 Å². The fourth-order valence-corrected chi connectivity index (χ4v) is 13.6. The average molecular weight is 1310 g/mol. The van der Waals surface area contributed by atoms with Gasteiger partial charge in [0.1, 0.15) is 41.2 Å². The molecule has 3 fully saturated rings. The van der Waals surface area contributed by atoms with Crippen LogP contribution in [-0.4, -0.2) is 161 Å². The van der Waals surface area contributed by atoms with E-state index < -0.39 is 119 Å². The maximum absolute atomic E-state index is 14.7. The molecule has 4 aliphatic rings. The van der Waals surface area contributed by atoms with Crippen molar-refractivity contribution in [3.05, 3.63) is 100 Å². The van der Waals surface area contributed by atoms with Crippen molar-refractivity contribution in [2.75, 3.05) is 56.6 Å². The third-order valence-corrected chi connectivity index (χ3v) is 19.0. The van der Waals surface area contributed by atoms with Crippen LogP contribution in [0.2, 0.25) is 5.02 Å². The molecule has 25 heteroatoms. The Morgan fingerprint density at radius 1 is 0.857 bits per heavy atom. The quantitative estimate of drug-likeness (QED) is 0.0317. The van der Waals surface area contributed by atoms with E-state index in [1.807, 2.05) is 26.0 Å². The number of carbonyl (C=O) groups is 6. The summed E-state index contributed by atoms with van der Waals surface area (Å²) in [5.74, 6) is -7.04. The number of cyclic esters (lactones) is 1. The van der Waals surface area contributed by atoms with Gasteiger partial charge in [-0.2, -0.15) is 24.9 Å². The molecule has 4 amide bonds. The summed E-state index contributed by atoms with van der Waals surface area (Å²) in [5, 5.41) is 42.2. The van der Waals surface area contributed by atoms with Gasteiger partial charge in [-0.3, -0.25) is 24.2 Å². The predicted octanol–water partition coefficient (Wildman–Crippen LogP) is 10.5. The van der Waals surface area contributed by atoms with E-state index in [2.05, 4.69) is 20.9 Å². The van der Waals surface area contributed by atoms with Crippen LogP contribution in [0.25, 0.3) is 0 Å². The monoisotopic (exact) mass is 1310 g/mol. The number of methoxy groups -OCH3 is 3. The summed E-state index contributed by atoms with van der Waals surface area (Å²) in [6.07, 6.45) is -0.525. The van der Waals surface area contributed by atoms with Gasteiger partial charge >= 0.3 is 18.2 Å². The fraction of sp³-hybridized carbons (Fsp3) is 0.591. The summed E-state index contributed by atoms with van der Waals surface area (Å²) in [6, 6.07) is 10.2. The minimum absolute atomic E-state index is 0.0352. The number of halogens is 4. The van der Waals surface area contributed by atoms with Crippen LogP contribution >= 0.6 is 23.4 Å². The lowest BCUT2D eigenvalue weighted by molar-refractivity contribution is -0.302. The molecule has 2 bridgehead atoms. The molecule has 3 aromatic rings. The van der Waals surface area contributed by atoms with Gasteiger partial charge in [-0.15, -0.1) is 0 Å². The first-order valence-corrected chi connectivity index (χ1v) is 32.6. The number of Topliss-reactive ketones (excluding diaryl/α,β-unsaturated/α-hetero) is 2. The highest BCUT2D eigenvalue weighted by molar-refractivity contribution is 7.99. The maximum Gasteiger partial charge on any atom is 0.417 e. The number of fused-ring (bicyclic) bond motifs is 3. The van der Waals surface area contributed by atoms with Gasteiger partial charge in [0, 0.05) is 88.0 Å². The Kier molecular flexibility index (Phi) is 26.5. The SMILES string of the molecule is CO[C@H]1C[C@@H](C)C/C(C)=C/[C@@H](CCCSCCNC(=O)c2cc(Oc3ccc(NC(=O)Nc4ccc(Cl)c(C(F)(F)F)c4)cc3)ccn2)C(=O)C[C@H](O)[C@@H](C)[C@@H](/C(C)=C/[C@@H]2CC[C@@H](O)[C@H](OC)C2)OC(=O)[C@@H]2CCCCN2C(=O)C(=O)[C@]2(O)O[C@H]1[C@@H](OC)C[C@H]2C. The molecule has 0 unspecified atom stereocenters. The zero-order chi connectivity index (χ0) is 66.3. The van der Waals surface area contributed by atoms with Gasteiger partial charge in [-0.25, -0.2) is 9.59 Å². The number of alkyl halides is 3. The van der Waals surface area contributed by atoms with E-state index in [0.29, 0.717) is 98.6 Å². The van der Waals surface area contributed by atoms with E-state index in [1.54, 1.807) is 50.7 Å². The second-order valence-electron chi connectivity index (χ2n) is 24.5. The molecule has 0 radical (unpaired) electrons. The first-order chi connectivity index (χ1) is 43.2. The van der Waals surface area contributed by atoms with Gasteiger partial charge in [0.2, 0.25) is 5.79 Å². The number of ether oxygens (including phenoxy) is 6. The number of thioether (sulfide) groups is 1. The zero-order valence-electron chi connectivity index (χ0n) is 52.8. The Balaban J connectivity index is 1.01. The molecule has 7 rings (SSSR count). The predicted molar refractivity (Wildman–Crippen MR) is 337 cm³/mol. The van der Waals surface area contributed by atoms with E-state index in [9.17, 15) is 57.3 Å². The minimum Gasteiger partial charge on any atom is -0.457 e. The number of allylic oxidation sites excluding steroid dienone is 3. The molecular weight excluding hydrogens is 1230 g/mol. The van der Waals surface area contributed by atoms with Crippen molar-refractivity contribution >= 4 is 70.1 Å². The third kappa shape index (κ3) is 19.6. The number of esters is 1. The summed E-state index contributed by atoms with van der Waals surface area (Å²) in [6.45, 7) is 9.39. The molecule has 0 spiro atoms. The number of amides is 4. The van der Waals surface area contributed by atoms with E-state index in [0.717, 1.165) is 22.6 Å². The molecule has 1 saturated carbocycles. The number of benzene rings is 2. The van der Waals surface area contributed by atoms with Crippen molar-refractivity contribution in [3.63, 3.8) is 0 Å². The molecule has 500 valence electrons. The Morgan fingerprint density at radius 3 is 2.25 bits per heavy atom. The van der Waals surface area contributed by atoms with E-state index >= 15 is 0 Å². The number of nitrogens with zero attached hydrogens (tertiary/aromatic N) is 2. The molecule has 4 heterocycles. The lowest BCUT2D eigenvalue weighted by Gasteiger charge is -2.47. The Labute approximate surface area is 539 Å². The number of anilines is 2. The summed E-state index contributed by atoms with van der Waals surface area (Å²) >= 11 is 7.27. The average Bonchev–Trinajstić information content (AvgIpc) is 0.861. The standard InChI is InChI=1S/C66H87ClF3N5O15S/c1-37-28-38(2)30-56(86-7)59-57(87-8)32-40(4)65(84,90-59)60(79)62(81)75-25-10-9-13-51(75)63(82)89-58(39(3)31-42-14-21-52(76)55(33-42)85-6)41(5)53(77)36-54(78)43(29-37)12-11-26-91-27-24-72-61(80)50-35-47(22-23-71-50)88-46-18-15-44(16-19-46)73-64(83)74-45-17-20-49(67)48(34-45)66(68,69)70/h15-20,22-23,29,31,34-35,38,40-43,51-53,55-59,76-77,84H,9-14,21,24-28,30,32-33,36H2,1-8H3,(H,72,80)(H2,73,74,83)/b37-29+,39-31+/t38-,40+,41+,42-,43+,51-,52+,53-,55+,56-,57-,58+,59+,65+/m0/s1. The van der Waals surface area contributed by atoms with Crippen LogP contribution < -0.4 is 20.7 Å². The largest absolute Gasteiger partial charge is 0.457 e. The van der Waals surface area contributed by atoms with E-state index in [-0.39, 0.29) is 54.8 Å². The molecule has 2 aromatic carbocycles. The Morgan fingerprint density at radius 2 is 1.55 bits per heavy atom. The number of carbonyl (C=O) groups excluding carboxylic acids is 6. The van der Waals surface area contributed by atoms with Crippen molar-refractivity contribution in [3.8, 4) is 11.5 Å². The summed E-state index contributed by atoms with van der Waals surface area (Å²) in [7, 11) is 4.55. The van der Waals surface area contributed by atoms with Crippen LogP contribution in [0.3, 0.4) is 0 Å². The van der Waals surface area contributed by atoms with Crippen LogP contribution in [0.5, 0.6) is 11.5 Å². The Bertz CT molecular complexity index is 3070. The maximum atomic E-state index is 14.7. The van der Waals surface area contributed by atoms with Crippen LogP contribution in [0.15, 0.2) is 84.1 Å². The minimum atomic E-state index is -4.71. The number of aliphatic hydroxyl groups excluding tert-OH is 2. The van der Waals surface area contributed by atoms with Crippen LogP contribution in [0.4, 0.5) is 29.3 Å². The number of nitrogens with one attached hydrogen (secondary N) is 3. The molecule has 1 aliphatic carbocycles. The van der Waals surface area contributed by atoms with Gasteiger partial charge in [0.15, 0.2) is 0 Å². The molecule has 91 heavy (non-hydrogen) atoms. The number of pyridine rings is 1. The first-order valence-electron chi connectivity index (χ1n) is 31.1. The van der Waals surface area contributed by atoms with E-state index in [1.165, 1.54) is 51.8 Å². The number of hydrogen-bond donors (Lipinski definition) is 6. The van der Waals surface area contributed by atoms with Gasteiger partial charge in [-0.1, -0.05) is 50.1 Å². The number of aromatic nitrogens is 1. The third-order valence-electron chi connectivity index (χ3n) is 17.6. The highest BCUT2D eigenvalue weighted by atomic mass is 35.5. The molecule has 2 saturated heterocycles. The van der Waals surface area contributed by atoms with E-state index in [4.69, 9.17) is 40.0 Å². The number of urea groups is 1. The van der Waals surface area contributed by atoms with Crippen LogP contribution in [0.1, 0.15) is 128 Å². The molecule has 3 aliphatic heterocycles. The number of piperidine rings is 1. The second kappa shape index (κ2) is 33.2. The number of ketones is 2. The van der Waals surface area contributed by atoms with Crippen molar-refractivity contribution in [1.82, 2.24) is 15.2 Å². The molecular formula is C66H87ClF3N5O15S. The van der Waals surface area contributed by atoms with Crippen LogP contribution in [0, 0.1) is 29.6 Å². The summed E-state index contributed by atoms with van der Waals surface area (Å²) in [4.78, 5) is 89.4. The Hall–Kier alpha value is -5.96. The van der Waals surface area contributed by atoms with Crippen molar-refractivity contribution < 1.29 is 85.7 Å². The van der Waals surface area contributed by atoms with Gasteiger partial charge in [-0.05, 0) is 156 Å². The van der Waals surface area contributed by atoms with Crippen molar-refractivity contribution in [1.29, 1.82) is 0 Å². The highest BCUT2D eigenvalue weighted by Crippen LogP contribution is 2.41. The lowest BCUT2D eigenvalue weighted by Crippen LogP contribution is -2.64. The zero-order valence-corrected chi connectivity index (χ0v) is 54.4. The summed E-state index contributed by atoms with van der Waals surface area (Å²) in [5.41, 5.74) is 0.716. The number of rotatable bonds is 17.